The number of halogens is 2. The molecular weight excluding hydrogens is 416 g/mol. The van der Waals surface area contributed by atoms with Gasteiger partial charge in [0.2, 0.25) is 0 Å². The minimum absolute atomic E-state index is 0.0410. The highest BCUT2D eigenvalue weighted by atomic mass is 19.1. The molecule has 4 rings (SSSR count). The summed E-state index contributed by atoms with van der Waals surface area (Å²) < 4.78 is 38.9. The first-order valence-electron chi connectivity index (χ1n) is 9.70. The number of carbonyl (C=O) groups is 1. The van der Waals surface area contributed by atoms with Crippen molar-refractivity contribution >= 4 is 11.6 Å². The summed E-state index contributed by atoms with van der Waals surface area (Å²) in [5.74, 6) is -0.416. The normalized spacial score (nSPS) is 10.6. The zero-order valence-corrected chi connectivity index (χ0v) is 17.1. The maximum atomic E-state index is 13.3. The number of benzene rings is 3. The molecule has 0 aliphatic carbocycles. The van der Waals surface area contributed by atoms with Crippen LogP contribution in [0, 0.1) is 11.6 Å². The Morgan fingerprint density at radius 2 is 1.69 bits per heavy atom. The molecular formula is C24H19F2N3O3. The number of methoxy groups -OCH3 is 1. The minimum Gasteiger partial charge on any atom is -0.497 e. The van der Waals surface area contributed by atoms with Crippen molar-refractivity contribution in [1.82, 2.24) is 9.78 Å². The molecule has 1 heterocycles. The van der Waals surface area contributed by atoms with Crippen molar-refractivity contribution in [2.75, 3.05) is 12.4 Å². The second-order valence-electron chi connectivity index (χ2n) is 6.86. The van der Waals surface area contributed by atoms with Crippen LogP contribution in [0.1, 0.15) is 16.1 Å². The van der Waals surface area contributed by atoms with Gasteiger partial charge in [0.05, 0.1) is 19.0 Å². The van der Waals surface area contributed by atoms with Crippen molar-refractivity contribution in [2.45, 2.75) is 6.61 Å². The number of hydrogen-bond acceptors (Lipinski definition) is 4. The SMILES string of the molecule is COc1cccc(NC(=O)c2nn(-c3ccc(F)cc3)cc2OCc2ccc(F)cc2)c1. The number of aromatic nitrogens is 2. The molecule has 0 radical (unpaired) electrons. The van der Waals surface area contributed by atoms with Crippen LogP contribution in [0.15, 0.2) is 79.0 Å². The van der Waals surface area contributed by atoms with E-state index in [4.69, 9.17) is 9.47 Å². The lowest BCUT2D eigenvalue weighted by Gasteiger charge is -2.08. The van der Waals surface area contributed by atoms with Crippen LogP contribution in [0.3, 0.4) is 0 Å². The zero-order chi connectivity index (χ0) is 22.5. The van der Waals surface area contributed by atoms with Crippen LogP contribution < -0.4 is 14.8 Å². The van der Waals surface area contributed by atoms with Gasteiger partial charge in [-0.1, -0.05) is 18.2 Å². The highest BCUT2D eigenvalue weighted by Gasteiger charge is 2.20. The van der Waals surface area contributed by atoms with E-state index in [0.29, 0.717) is 17.1 Å². The van der Waals surface area contributed by atoms with Gasteiger partial charge >= 0.3 is 0 Å². The molecule has 0 unspecified atom stereocenters. The van der Waals surface area contributed by atoms with Crippen molar-refractivity contribution < 1.29 is 23.0 Å². The second kappa shape index (κ2) is 9.30. The Balaban J connectivity index is 1.62. The molecule has 0 saturated carbocycles. The quantitative estimate of drug-likeness (QED) is 0.444. The highest BCUT2D eigenvalue weighted by molar-refractivity contribution is 6.04. The topological polar surface area (TPSA) is 65.4 Å². The Morgan fingerprint density at radius 1 is 1.00 bits per heavy atom. The van der Waals surface area contributed by atoms with E-state index < -0.39 is 5.91 Å². The Kier molecular flexibility index (Phi) is 6.12. The molecule has 0 aliphatic rings. The lowest BCUT2D eigenvalue weighted by atomic mass is 10.2. The number of nitrogens with zero attached hydrogens (tertiary/aromatic N) is 2. The van der Waals surface area contributed by atoms with E-state index in [-0.39, 0.29) is 29.7 Å². The number of hydrogen-bond donors (Lipinski definition) is 1. The lowest BCUT2D eigenvalue weighted by Crippen LogP contribution is -2.14. The third-order valence-corrected chi connectivity index (χ3v) is 4.62. The molecule has 0 saturated heterocycles. The third-order valence-electron chi connectivity index (χ3n) is 4.62. The fourth-order valence-corrected chi connectivity index (χ4v) is 2.98. The monoisotopic (exact) mass is 435 g/mol. The van der Waals surface area contributed by atoms with Gasteiger partial charge in [-0.2, -0.15) is 5.10 Å². The van der Waals surface area contributed by atoms with Crippen LogP contribution in [0.25, 0.3) is 5.69 Å². The molecule has 6 nitrogen and oxygen atoms in total. The van der Waals surface area contributed by atoms with Crippen LogP contribution in [-0.2, 0) is 6.61 Å². The fourth-order valence-electron chi connectivity index (χ4n) is 2.98. The summed E-state index contributed by atoms with van der Waals surface area (Å²) in [5.41, 5.74) is 1.84. The highest BCUT2D eigenvalue weighted by Crippen LogP contribution is 2.24. The lowest BCUT2D eigenvalue weighted by molar-refractivity contribution is 0.101. The van der Waals surface area contributed by atoms with Gasteiger partial charge in [-0.15, -0.1) is 0 Å². The summed E-state index contributed by atoms with van der Waals surface area (Å²) in [5, 5.41) is 7.11. The van der Waals surface area contributed by atoms with E-state index in [1.165, 1.54) is 54.4 Å². The molecule has 0 aliphatic heterocycles. The van der Waals surface area contributed by atoms with E-state index in [1.807, 2.05) is 0 Å². The molecule has 1 amide bonds. The standard InChI is InChI=1S/C24H19F2N3O3/c1-31-21-4-2-3-19(13-21)27-24(30)23-22(32-15-16-5-7-17(25)8-6-16)14-29(28-23)20-11-9-18(26)10-12-20/h2-14H,15H2,1H3,(H,27,30). The summed E-state index contributed by atoms with van der Waals surface area (Å²) in [6, 6.07) is 18.4. The average Bonchev–Trinajstić information content (AvgIpc) is 3.24. The van der Waals surface area contributed by atoms with Crippen LogP contribution in [0.2, 0.25) is 0 Å². The van der Waals surface area contributed by atoms with Crippen molar-refractivity contribution in [3.8, 4) is 17.2 Å². The van der Waals surface area contributed by atoms with Crippen molar-refractivity contribution in [1.29, 1.82) is 0 Å². The number of amides is 1. The molecule has 162 valence electrons. The summed E-state index contributed by atoms with van der Waals surface area (Å²) in [7, 11) is 1.53. The van der Waals surface area contributed by atoms with E-state index in [0.717, 1.165) is 5.56 Å². The number of nitrogens with one attached hydrogen (secondary N) is 1. The molecule has 0 spiro atoms. The number of ether oxygens (including phenoxy) is 2. The summed E-state index contributed by atoms with van der Waals surface area (Å²) in [4.78, 5) is 13.0. The average molecular weight is 435 g/mol. The Hall–Kier alpha value is -4.20. The summed E-state index contributed by atoms with van der Waals surface area (Å²) in [6.45, 7) is 0.106. The molecule has 0 fully saturated rings. The summed E-state index contributed by atoms with van der Waals surface area (Å²) >= 11 is 0. The maximum Gasteiger partial charge on any atom is 0.280 e. The van der Waals surface area contributed by atoms with Gasteiger partial charge < -0.3 is 14.8 Å². The first-order valence-corrected chi connectivity index (χ1v) is 9.70. The fraction of sp³-hybridized carbons (Fsp3) is 0.0833. The molecule has 1 aromatic heterocycles. The second-order valence-corrected chi connectivity index (χ2v) is 6.86. The first-order chi connectivity index (χ1) is 15.5. The van der Waals surface area contributed by atoms with Crippen LogP contribution in [0.4, 0.5) is 14.5 Å². The molecule has 8 heteroatoms. The number of carbonyl (C=O) groups excluding carboxylic acids is 1. The van der Waals surface area contributed by atoms with Gasteiger partial charge in [-0.05, 0) is 54.1 Å². The van der Waals surface area contributed by atoms with Crippen LogP contribution in [-0.4, -0.2) is 22.8 Å². The van der Waals surface area contributed by atoms with E-state index in [9.17, 15) is 13.6 Å². The van der Waals surface area contributed by atoms with Gasteiger partial charge in [-0.25, -0.2) is 13.5 Å². The Morgan fingerprint density at radius 3 is 2.38 bits per heavy atom. The van der Waals surface area contributed by atoms with E-state index >= 15 is 0 Å². The van der Waals surface area contributed by atoms with Gasteiger partial charge in [-0.3, -0.25) is 4.79 Å². The first kappa shape index (κ1) is 21.0. The predicted octanol–water partition coefficient (Wildman–Crippen LogP) is 4.99. The molecule has 1 N–H and O–H groups in total. The molecule has 32 heavy (non-hydrogen) atoms. The third kappa shape index (κ3) is 4.92. The summed E-state index contributed by atoms with van der Waals surface area (Å²) in [6.07, 6.45) is 1.54. The zero-order valence-electron chi connectivity index (χ0n) is 17.1. The van der Waals surface area contributed by atoms with Gasteiger partial charge in [0, 0.05) is 11.8 Å². The Bertz CT molecular complexity index is 1220. The van der Waals surface area contributed by atoms with Gasteiger partial charge in [0.25, 0.3) is 5.91 Å². The van der Waals surface area contributed by atoms with Crippen molar-refractivity contribution in [2.24, 2.45) is 0 Å². The predicted molar refractivity (Wildman–Crippen MR) is 115 cm³/mol. The number of rotatable bonds is 7. The molecule has 0 atom stereocenters. The largest absolute Gasteiger partial charge is 0.497 e. The smallest absolute Gasteiger partial charge is 0.280 e. The van der Waals surface area contributed by atoms with Gasteiger partial charge in [0.15, 0.2) is 11.4 Å². The number of anilines is 1. The maximum absolute atomic E-state index is 13.3. The Labute approximate surface area is 183 Å². The van der Waals surface area contributed by atoms with E-state index in [2.05, 4.69) is 10.4 Å². The molecule has 4 aromatic rings. The minimum atomic E-state index is -0.492. The van der Waals surface area contributed by atoms with Crippen LogP contribution >= 0.6 is 0 Å². The van der Waals surface area contributed by atoms with Crippen molar-refractivity contribution in [3.63, 3.8) is 0 Å². The van der Waals surface area contributed by atoms with Crippen LogP contribution in [0.5, 0.6) is 11.5 Å². The molecule has 0 bridgehead atoms. The van der Waals surface area contributed by atoms with E-state index in [1.54, 1.807) is 36.4 Å². The van der Waals surface area contributed by atoms with Gasteiger partial charge in [0.1, 0.15) is 24.0 Å². The molecule has 3 aromatic carbocycles. The van der Waals surface area contributed by atoms with Crippen molar-refractivity contribution in [3.05, 3.63) is 102 Å².